The fraction of sp³-hybridized carbons (Fsp3) is 0.294. The van der Waals surface area contributed by atoms with Gasteiger partial charge in [0.15, 0.2) is 0 Å². The summed E-state index contributed by atoms with van der Waals surface area (Å²) in [5.74, 6) is 0.399. The summed E-state index contributed by atoms with van der Waals surface area (Å²) in [4.78, 5) is 0. The summed E-state index contributed by atoms with van der Waals surface area (Å²) in [6.45, 7) is 4.80. The molecule has 2 aromatic carbocycles. The van der Waals surface area contributed by atoms with Gasteiger partial charge in [0, 0.05) is 23.2 Å². The summed E-state index contributed by atoms with van der Waals surface area (Å²) < 4.78 is 19.0. The molecule has 0 aromatic heterocycles. The van der Waals surface area contributed by atoms with E-state index in [0.717, 1.165) is 16.7 Å². The highest BCUT2D eigenvalue weighted by Crippen LogP contribution is 2.35. The van der Waals surface area contributed by atoms with Crippen molar-refractivity contribution < 1.29 is 9.13 Å². The van der Waals surface area contributed by atoms with Crippen molar-refractivity contribution >= 4 is 11.6 Å². The molecule has 0 atom stereocenters. The van der Waals surface area contributed by atoms with Gasteiger partial charge in [-0.3, -0.25) is 0 Å². The van der Waals surface area contributed by atoms with Crippen LogP contribution in [0.4, 0.5) is 4.39 Å². The summed E-state index contributed by atoms with van der Waals surface area (Å²) in [7, 11) is 1.60. The quantitative estimate of drug-likeness (QED) is 0.868. The van der Waals surface area contributed by atoms with Gasteiger partial charge in [0.25, 0.3) is 0 Å². The Kier molecular flexibility index (Phi) is 5.21. The van der Waals surface area contributed by atoms with E-state index in [0.29, 0.717) is 23.4 Å². The van der Waals surface area contributed by atoms with Crippen LogP contribution in [0.2, 0.25) is 5.02 Å². The number of halogens is 2. The molecule has 0 amide bonds. The molecule has 0 saturated carbocycles. The van der Waals surface area contributed by atoms with Crippen molar-refractivity contribution in [1.82, 2.24) is 5.32 Å². The van der Waals surface area contributed by atoms with Crippen LogP contribution >= 0.6 is 11.6 Å². The SMILES string of the molecule is COc1ccc(Cl)cc1-c1cc(F)ccc1CNC(C)C. The molecule has 112 valence electrons. The summed E-state index contributed by atoms with van der Waals surface area (Å²) in [5.41, 5.74) is 2.60. The minimum absolute atomic E-state index is 0.277. The monoisotopic (exact) mass is 307 g/mol. The maximum atomic E-state index is 13.7. The highest BCUT2D eigenvalue weighted by Gasteiger charge is 2.12. The molecule has 0 radical (unpaired) electrons. The Morgan fingerprint density at radius 2 is 1.90 bits per heavy atom. The Labute approximate surface area is 129 Å². The van der Waals surface area contributed by atoms with Crippen molar-refractivity contribution in [2.24, 2.45) is 0 Å². The molecule has 0 unspecified atom stereocenters. The van der Waals surface area contributed by atoms with Crippen molar-refractivity contribution in [1.29, 1.82) is 0 Å². The van der Waals surface area contributed by atoms with Crippen LogP contribution in [0.3, 0.4) is 0 Å². The maximum absolute atomic E-state index is 13.7. The Hall–Kier alpha value is -1.58. The Morgan fingerprint density at radius 3 is 2.57 bits per heavy atom. The second kappa shape index (κ2) is 6.92. The molecule has 2 aromatic rings. The molecule has 2 nitrogen and oxygen atoms in total. The Balaban J connectivity index is 2.51. The van der Waals surface area contributed by atoms with E-state index in [1.165, 1.54) is 12.1 Å². The largest absolute Gasteiger partial charge is 0.496 e. The number of methoxy groups -OCH3 is 1. The zero-order valence-electron chi connectivity index (χ0n) is 12.4. The zero-order valence-corrected chi connectivity index (χ0v) is 13.2. The summed E-state index contributed by atoms with van der Waals surface area (Å²) in [5, 5.41) is 3.94. The van der Waals surface area contributed by atoms with Crippen molar-refractivity contribution in [3.8, 4) is 16.9 Å². The third-order valence-electron chi connectivity index (χ3n) is 3.22. The van der Waals surface area contributed by atoms with Gasteiger partial charge in [-0.25, -0.2) is 4.39 Å². The van der Waals surface area contributed by atoms with Gasteiger partial charge in [0.2, 0.25) is 0 Å². The van der Waals surface area contributed by atoms with Crippen LogP contribution in [0.25, 0.3) is 11.1 Å². The van der Waals surface area contributed by atoms with E-state index in [1.54, 1.807) is 31.4 Å². The fourth-order valence-electron chi connectivity index (χ4n) is 2.16. The van der Waals surface area contributed by atoms with E-state index < -0.39 is 0 Å². The number of rotatable bonds is 5. The van der Waals surface area contributed by atoms with E-state index in [9.17, 15) is 4.39 Å². The fourth-order valence-corrected chi connectivity index (χ4v) is 2.33. The van der Waals surface area contributed by atoms with Crippen molar-refractivity contribution in [3.63, 3.8) is 0 Å². The second-order valence-corrected chi connectivity index (χ2v) is 5.62. The van der Waals surface area contributed by atoms with E-state index in [-0.39, 0.29) is 5.82 Å². The van der Waals surface area contributed by atoms with E-state index in [4.69, 9.17) is 16.3 Å². The number of nitrogens with one attached hydrogen (secondary N) is 1. The first-order valence-corrected chi connectivity index (χ1v) is 7.24. The number of ether oxygens (including phenoxy) is 1. The van der Waals surface area contributed by atoms with Crippen molar-refractivity contribution in [3.05, 3.63) is 52.8 Å². The molecular weight excluding hydrogens is 289 g/mol. The molecule has 0 aliphatic carbocycles. The van der Waals surface area contributed by atoms with Gasteiger partial charge in [0.1, 0.15) is 11.6 Å². The molecule has 0 bridgehead atoms. The third-order valence-corrected chi connectivity index (χ3v) is 3.46. The first kappa shape index (κ1) is 15.8. The topological polar surface area (TPSA) is 21.3 Å². The van der Waals surface area contributed by atoms with Gasteiger partial charge >= 0.3 is 0 Å². The highest BCUT2D eigenvalue weighted by atomic mass is 35.5. The molecule has 0 aliphatic rings. The second-order valence-electron chi connectivity index (χ2n) is 5.18. The van der Waals surface area contributed by atoms with Crippen molar-refractivity contribution in [2.75, 3.05) is 7.11 Å². The van der Waals surface area contributed by atoms with Gasteiger partial charge in [-0.05, 0) is 41.5 Å². The van der Waals surface area contributed by atoms with Gasteiger partial charge < -0.3 is 10.1 Å². The molecule has 2 rings (SSSR count). The first-order valence-electron chi connectivity index (χ1n) is 6.87. The summed E-state index contributed by atoms with van der Waals surface area (Å²) >= 11 is 6.08. The Morgan fingerprint density at radius 1 is 1.14 bits per heavy atom. The van der Waals surface area contributed by atoms with Crippen LogP contribution in [0.5, 0.6) is 5.75 Å². The van der Waals surface area contributed by atoms with Crippen LogP contribution in [-0.4, -0.2) is 13.2 Å². The molecular formula is C17H19ClFNO. The van der Waals surface area contributed by atoms with E-state index in [2.05, 4.69) is 19.2 Å². The molecule has 0 fully saturated rings. The number of hydrogen-bond donors (Lipinski definition) is 1. The van der Waals surface area contributed by atoms with Crippen LogP contribution in [0, 0.1) is 5.82 Å². The van der Waals surface area contributed by atoms with Crippen LogP contribution < -0.4 is 10.1 Å². The number of benzene rings is 2. The van der Waals surface area contributed by atoms with Gasteiger partial charge in [-0.15, -0.1) is 0 Å². The first-order chi connectivity index (χ1) is 10.0. The lowest BCUT2D eigenvalue weighted by atomic mass is 9.98. The normalized spacial score (nSPS) is 11.0. The minimum Gasteiger partial charge on any atom is -0.496 e. The standard InChI is InChI=1S/C17H19ClFNO/c1-11(2)20-10-12-4-6-14(19)9-15(12)16-8-13(18)5-7-17(16)21-3/h4-9,11,20H,10H2,1-3H3. The minimum atomic E-state index is -0.277. The molecule has 21 heavy (non-hydrogen) atoms. The van der Waals surface area contributed by atoms with Gasteiger partial charge in [-0.2, -0.15) is 0 Å². The molecule has 0 saturated heterocycles. The Bertz CT molecular complexity index is 628. The lowest BCUT2D eigenvalue weighted by molar-refractivity contribution is 0.416. The maximum Gasteiger partial charge on any atom is 0.126 e. The third kappa shape index (κ3) is 3.96. The van der Waals surface area contributed by atoms with Crippen LogP contribution in [0.15, 0.2) is 36.4 Å². The lowest BCUT2D eigenvalue weighted by Crippen LogP contribution is -2.22. The average Bonchev–Trinajstić information content (AvgIpc) is 2.45. The molecule has 0 spiro atoms. The predicted molar refractivity (Wildman–Crippen MR) is 85.4 cm³/mol. The zero-order chi connectivity index (χ0) is 15.4. The summed E-state index contributed by atoms with van der Waals surface area (Å²) in [6.07, 6.45) is 0. The summed E-state index contributed by atoms with van der Waals surface area (Å²) in [6, 6.07) is 10.5. The number of hydrogen-bond acceptors (Lipinski definition) is 2. The lowest BCUT2D eigenvalue weighted by Gasteiger charge is -2.15. The van der Waals surface area contributed by atoms with Gasteiger partial charge in [-0.1, -0.05) is 31.5 Å². The van der Waals surface area contributed by atoms with Gasteiger partial charge in [0.05, 0.1) is 7.11 Å². The van der Waals surface area contributed by atoms with Crippen LogP contribution in [0.1, 0.15) is 19.4 Å². The van der Waals surface area contributed by atoms with Crippen LogP contribution in [-0.2, 0) is 6.54 Å². The molecule has 4 heteroatoms. The molecule has 1 N–H and O–H groups in total. The highest BCUT2D eigenvalue weighted by molar-refractivity contribution is 6.31. The van der Waals surface area contributed by atoms with E-state index in [1.807, 2.05) is 0 Å². The predicted octanol–water partition coefficient (Wildman–Crippen LogP) is 4.65. The molecule has 0 aliphatic heterocycles. The molecule has 0 heterocycles. The van der Waals surface area contributed by atoms with E-state index >= 15 is 0 Å². The smallest absolute Gasteiger partial charge is 0.126 e. The van der Waals surface area contributed by atoms with Crippen molar-refractivity contribution in [2.45, 2.75) is 26.4 Å². The average molecular weight is 308 g/mol.